The number of thioether (sulfide) groups is 1. The minimum Gasteiger partial charge on any atom is -0.483 e. The van der Waals surface area contributed by atoms with Crippen molar-refractivity contribution in [3.05, 3.63) is 78.4 Å². The number of carbonyl (C=O) groups is 3. The highest BCUT2D eigenvalue weighted by Gasteiger charge is 2.42. The second-order valence-corrected chi connectivity index (χ2v) is 14.6. The molecule has 48 heavy (non-hydrogen) atoms. The first-order chi connectivity index (χ1) is 23.1. The van der Waals surface area contributed by atoms with E-state index < -0.39 is 45.7 Å². The van der Waals surface area contributed by atoms with Gasteiger partial charge in [-0.05, 0) is 49.8 Å². The standard InChI is InChI=1S/C36H45N3O7S2/c1-5-8-19-36(6-2)24-39(27-17-13-10-14-18-27)28-20-30(47-4)29(21-31(28)48(43,44)25-36)46-23-32(40)38-34(26-15-11-9-12-16-26)35(42)37-22-33(41)45-7-3/h9-18,20-21,34H,5-8,19,22-25H2,1-4H3,(H,37,42)(H,38,40). The van der Waals surface area contributed by atoms with Crippen molar-refractivity contribution in [2.24, 2.45) is 5.41 Å². The molecule has 0 radical (unpaired) electrons. The van der Waals surface area contributed by atoms with E-state index >= 15 is 0 Å². The van der Waals surface area contributed by atoms with Crippen molar-refractivity contribution in [1.29, 1.82) is 0 Å². The zero-order valence-electron chi connectivity index (χ0n) is 28.0. The van der Waals surface area contributed by atoms with Gasteiger partial charge < -0.3 is 25.0 Å². The first kappa shape index (κ1) is 36.8. The molecule has 0 saturated carbocycles. The number of ether oxygens (including phenoxy) is 2. The molecule has 0 aromatic heterocycles. The Balaban J connectivity index is 1.63. The molecule has 1 heterocycles. The summed E-state index contributed by atoms with van der Waals surface area (Å²) < 4.78 is 39.2. The third-order valence-electron chi connectivity index (χ3n) is 8.51. The lowest BCUT2D eigenvalue weighted by Gasteiger charge is -2.36. The van der Waals surface area contributed by atoms with E-state index in [1.54, 1.807) is 37.3 Å². The Hall–Kier alpha value is -4.03. The number of nitrogens with zero attached hydrogens (tertiary/aromatic N) is 1. The number of sulfone groups is 1. The second-order valence-electron chi connectivity index (χ2n) is 11.8. The molecule has 0 spiro atoms. The van der Waals surface area contributed by atoms with E-state index in [2.05, 4.69) is 29.4 Å². The van der Waals surface area contributed by atoms with Crippen LogP contribution in [0.25, 0.3) is 0 Å². The maximum Gasteiger partial charge on any atom is 0.325 e. The van der Waals surface area contributed by atoms with Gasteiger partial charge in [-0.2, -0.15) is 0 Å². The molecule has 3 aromatic carbocycles. The summed E-state index contributed by atoms with van der Waals surface area (Å²) in [5.74, 6) is -1.52. The summed E-state index contributed by atoms with van der Waals surface area (Å²) >= 11 is 1.39. The third-order valence-corrected chi connectivity index (χ3v) is 11.3. The molecule has 12 heteroatoms. The van der Waals surface area contributed by atoms with Crippen LogP contribution >= 0.6 is 11.8 Å². The highest BCUT2D eigenvalue weighted by atomic mass is 32.2. The van der Waals surface area contributed by atoms with Crippen molar-refractivity contribution in [2.45, 2.75) is 62.3 Å². The van der Waals surface area contributed by atoms with Gasteiger partial charge in [0.15, 0.2) is 16.4 Å². The van der Waals surface area contributed by atoms with Gasteiger partial charge in [-0.1, -0.05) is 75.2 Å². The zero-order valence-corrected chi connectivity index (χ0v) is 29.6. The minimum atomic E-state index is -3.76. The molecule has 3 aromatic rings. The molecular formula is C36H45N3O7S2. The fourth-order valence-electron chi connectivity index (χ4n) is 5.91. The molecule has 0 bridgehead atoms. The maximum absolute atomic E-state index is 14.2. The molecule has 10 nitrogen and oxygen atoms in total. The number of esters is 1. The fourth-order valence-corrected chi connectivity index (χ4v) is 8.63. The number of amides is 2. The van der Waals surface area contributed by atoms with Gasteiger partial charge in [0.2, 0.25) is 5.91 Å². The summed E-state index contributed by atoms with van der Waals surface area (Å²) in [5.41, 5.74) is 1.54. The fraction of sp³-hybridized carbons (Fsp3) is 0.417. The minimum absolute atomic E-state index is 0.00500. The number of para-hydroxylation sites is 1. The third kappa shape index (κ3) is 9.10. The van der Waals surface area contributed by atoms with E-state index in [1.807, 2.05) is 42.7 Å². The van der Waals surface area contributed by atoms with Gasteiger partial charge in [0.05, 0.1) is 27.8 Å². The number of hydrogen-bond donors (Lipinski definition) is 2. The van der Waals surface area contributed by atoms with E-state index in [-0.39, 0.29) is 29.5 Å². The number of fused-ring (bicyclic) bond motifs is 1. The van der Waals surface area contributed by atoms with Crippen LogP contribution in [0.3, 0.4) is 0 Å². The average molecular weight is 696 g/mol. The van der Waals surface area contributed by atoms with E-state index in [4.69, 9.17) is 9.47 Å². The van der Waals surface area contributed by atoms with Crippen LogP contribution in [0.4, 0.5) is 11.4 Å². The molecular weight excluding hydrogens is 651 g/mol. The molecule has 2 unspecified atom stereocenters. The van der Waals surface area contributed by atoms with Crippen molar-refractivity contribution in [1.82, 2.24) is 10.6 Å². The van der Waals surface area contributed by atoms with E-state index in [9.17, 15) is 22.8 Å². The predicted octanol–water partition coefficient (Wildman–Crippen LogP) is 5.84. The summed E-state index contributed by atoms with van der Waals surface area (Å²) in [6, 6.07) is 20.7. The normalized spacial score (nSPS) is 17.4. The van der Waals surface area contributed by atoms with Crippen LogP contribution in [0.1, 0.15) is 58.1 Å². The number of carbonyl (C=O) groups excluding carboxylic acids is 3. The molecule has 4 rings (SSSR count). The van der Waals surface area contributed by atoms with Crippen molar-refractivity contribution < 1.29 is 32.3 Å². The molecule has 2 atom stereocenters. The number of anilines is 2. The summed E-state index contributed by atoms with van der Waals surface area (Å²) in [4.78, 5) is 41.1. The highest BCUT2D eigenvalue weighted by Crippen LogP contribution is 2.47. The van der Waals surface area contributed by atoms with E-state index in [0.29, 0.717) is 29.1 Å². The summed E-state index contributed by atoms with van der Waals surface area (Å²) in [7, 11) is -3.76. The molecule has 1 aliphatic rings. The van der Waals surface area contributed by atoms with Crippen LogP contribution in [0, 0.1) is 5.41 Å². The SMILES string of the molecule is CCCCC1(CC)CN(c2ccccc2)c2cc(SC)c(OCC(=O)NC(C(=O)NCC(=O)OCC)c3ccccc3)cc2S(=O)(=O)C1. The predicted molar refractivity (Wildman–Crippen MR) is 188 cm³/mol. The smallest absolute Gasteiger partial charge is 0.325 e. The Morgan fingerprint density at radius 3 is 2.31 bits per heavy atom. The van der Waals surface area contributed by atoms with Crippen LogP contribution in [0.2, 0.25) is 0 Å². The van der Waals surface area contributed by atoms with Crippen molar-refractivity contribution in [3.8, 4) is 5.75 Å². The van der Waals surface area contributed by atoms with Crippen LogP contribution < -0.4 is 20.3 Å². The Labute approximate surface area is 287 Å². The molecule has 2 N–H and O–H groups in total. The number of benzene rings is 3. The lowest BCUT2D eigenvalue weighted by molar-refractivity contribution is -0.143. The Morgan fingerprint density at radius 2 is 1.69 bits per heavy atom. The quantitative estimate of drug-likeness (QED) is 0.149. The van der Waals surface area contributed by atoms with Gasteiger partial charge in [0.1, 0.15) is 18.3 Å². The summed E-state index contributed by atoms with van der Waals surface area (Å²) in [5, 5.41) is 5.20. The Kier molecular flexibility index (Phi) is 12.9. The lowest BCUT2D eigenvalue weighted by atomic mass is 9.81. The van der Waals surface area contributed by atoms with E-state index in [0.717, 1.165) is 24.9 Å². The number of nitrogens with one attached hydrogen (secondary N) is 2. The summed E-state index contributed by atoms with van der Waals surface area (Å²) in [6.07, 6.45) is 5.25. The average Bonchev–Trinajstić information content (AvgIpc) is 3.19. The Morgan fingerprint density at radius 1 is 1.00 bits per heavy atom. The van der Waals surface area contributed by atoms with Crippen molar-refractivity contribution >= 4 is 50.8 Å². The van der Waals surface area contributed by atoms with Gasteiger partial charge in [-0.15, -0.1) is 11.8 Å². The largest absolute Gasteiger partial charge is 0.483 e. The van der Waals surface area contributed by atoms with Crippen LogP contribution in [-0.2, 0) is 29.0 Å². The molecule has 1 aliphatic heterocycles. The first-order valence-electron chi connectivity index (χ1n) is 16.2. The van der Waals surface area contributed by atoms with Crippen molar-refractivity contribution in [2.75, 3.05) is 43.2 Å². The van der Waals surface area contributed by atoms with E-state index in [1.165, 1.54) is 17.8 Å². The molecule has 0 saturated heterocycles. The number of hydrogen-bond acceptors (Lipinski definition) is 9. The van der Waals surface area contributed by atoms with Crippen LogP contribution in [0.5, 0.6) is 5.75 Å². The molecule has 0 aliphatic carbocycles. The van der Waals surface area contributed by atoms with Gasteiger partial charge in [-0.3, -0.25) is 14.4 Å². The Bertz CT molecular complexity index is 1670. The zero-order chi connectivity index (χ0) is 34.7. The number of rotatable bonds is 15. The second kappa shape index (κ2) is 16.9. The maximum atomic E-state index is 14.2. The van der Waals surface area contributed by atoms with Crippen LogP contribution in [0.15, 0.2) is 82.6 Å². The highest BCUT2D eigenvalue weighted by molar-refractivity contribution is 7.98. The molecule has 0 fully saturated rings. The summed E-state index contributed by atoms with van der Waals surface area (Å²) in [6.45, 7) is 5.75. The first-order valence-corrected chi connectivity index (χ1v) is 19.1. The van der Waals surface area contributed by atoms with Gasteiger partial charge >= 0.3 is 5.97 Å². The lowest BCUT2D eigenvalue weighted by Crippen LogP contribution is -2.43. The van der Waals surface area contributed by atoms with Gasteiger partial charge in [0.25, 0.3) is 5.91 Å². The molecule has 2 amide bonds. The number of unbranched alkanes of at least 4 members (excludes halogenated alkanes) is 1. The molecule has 258 valence electrons. The van der Waals surface area contributed by atoms with Crippen LogP contribution in [-0.4, -0.2) is 64.5 Å². The van der Waals surface area contributed by atoms with Crippen molar-refractivity contribution in [3.63, 3.8) is 0 Å². The monoisotopic (exact) mass is 695 g/mol. The van der Waals surface area contributed by atoms with Gasteiger partial charge in [0, 0.05) is 23.7 Å². The van der Waals surface area contributed by atoms with Gasteiger partial charge in [-0.25, -0.2) is 8.42 Å². The topological polar surface area (TPSA) is 131 Å².